The number of benzene rings is 1. The van der Waals surface area contributed by atoms with E-state index >= 15 is 0 Å². The summed E-state index contributed by atoms with van der Waals surface area (Å²) in [6.45, 7) is 0. The number of H-pyrrole nitrogens is 1. The van der Waals surface area contributed by atoms with Crippen LogP contribution >= 0.6 is 0 Å². The first-order valence-electron chi connectivity index (χ1n) is 9.28. The van der Waals surface area contributed by atoms with E-state index in [2.05, 4.69) is 58.6 Å². The van der Waals surface area contributed by atoms with Gasteiger partial charge < -0.3 is 15.2 Å². The normalized spacial score (nSPS) is 26.2. The van der Waals surface area contributed by atoms with Gasteiger partial charge in [0.2, 0.25) is 0 Å². The smallest absolute Gasteiger partial charge is 0.0703 e. The Hall–Kier alpha value is -2.33. The third-order valence-electron chi connectivity index (χ3n) is 6.08. The van der Waals surface area contributed by atoms with E-state index in [1.165, 1.54) is 36.6 Å². The lowest BCUT2D eigenvalue weighted by Crippen LogP contribution is -2.44. The third-order valence-corrected chi connectivity index (χ3v) is 6.08. The number of fused-ring (bicyclic) bond motifs is 3. The number of hydrogen-bond donors (Lipinski definition) is 2. The molecule has 2 aromatic heterocycles. The van der Waals surface area contributed by atoms with Crippen molar-refractivity contribution in [1.82, 2.24) is 14.9 Å². The molecule has 2 fully saturated rings. The highest BCUT2D eigenvalue weighted by molar-refractivity contribution is 5.84. The van der Waals surface area contributed by atoms with Crippen molar-refractivity contribution in [3.8, 4) is 11.3 Å². The number of piperidine rings is 1. The second-order valence-corrected chi connectivity index (χ2v) is 7.57. The second-order valence-electron chi connectivity index (χ2n) is 7.57. The lowest BCUT2D eigenvalue weighted by molar-refractivity contribution is 0.169. The molecule has 0 spiro atoms. The summed E-state index contributed by atoms with van der Waals surface area (Å²) in [5.41, 5.74) is 4.49. The summed E-state index contributed by atoms with van der Waals surface area (Å²) in [6.07, 6.45) is 9.18. The van der Waals surface area contributed by atoms with Gasteiger partial charge in [0.15, 0.2) is 0 Å². The van der Waals surface area contributed by atoms with Crippen LogP contribution in [0.2, 0.25) is 0 Å². The molecule has 4 heteroatoms. The maximum Gasteiger partial charge on any atom is 0.0703 e. The fourth-order valence-electron chi connectivity index (χ4n) is 4.63. The Balaban J connectivity index is 1.31. The highest BCUT2D eigenvalue weighted by atomic mass is 15.2. The highest BCUT2D eigenvalue weighted by Crippen LogP contribution is 2.35. The summed E-state index contributed by atoms with van der Waals surface area (Å²) in [4.78, 5) is 10.5. The molecule has 1 aromatic carbocycles. The fraction of sp³-hybridized carbons (Fsp3) is 0.381. The topological polar surface area (TPSA) is 44.0 Å². The molecule has 128 valence electrons. The zero-order valence-electron chi connectivity index (χ0n) is 14.6. The molecular weight excluding hydrogens is 308 g/mol. The lowest BCUT2D eigenvalue weighted by atomic mass is 9.98. The van der Waals surface area contributed by atoms with E-state index in [4.69, 9.17) is 4.98 Å². The van der Waals surface area contributed by atoms with Crippen molar-refractivity contribution in [2.24, 2.45) is 0 Å². The van der Waals surface area contributed by atoms with Crippen LogP contribution in [0.5, 0.6) is 0 Å². The molecular formula is C21H24N4. The van der Waals surface area contributed by atoms with Crippen molar-refractivity contribution in [3.63, 3.8) is 0 Å². The molecule has 25 heavy (non-hydrogen) atoms. The molecule has 5 rings (SSSR count). The SMILES string of the molecule is CN1[C@@H]2CC[C@H]1C[C@@H](Nc1ccc(-c3ccc4[nH]ccc4c3)nc1)C2. The highest BCUT2D eigenvalue weighted by Gasteiger charge is 2.38. The molecule has 0 unspecified atom stereocenters. The maximum absolute atomic E-state index is 4.69. The van der Waals surface area contributed by atoms with Gasteiger partial charge in [-0.1, -0.05) is 6.07 Å². The van der Waals surface area contributed by atoms with Gasteiger partial charge in [0.25, 0.3) is 0 Å². The van der Waals surface area contributed by atoms with Crippen LogP contribution < -0.4 is 5.32 Å². The summed E-state index contributed by atoms with van der Waals surface area (Å²) < 4.78 is 0. The molecule has 0 radical (unpaired) electrons. The number of rotatable bonds is 3. The zero-order chi connectivity index (χ0) is 16.8. The third kappa shape index (κ3) is 2.71. The van der Waals surface area contributed by atoms with Crippen molar-refractivity contribution in [3.05, 3.63) is 48.8 Å². The molecule has 0 aliphatic carbocycles. The molecule has 3 atom stereocenters. The first kappa shape index (κ1) is 15.0. The average Bonchev–Trinajstić information content (AvgIpc) is 3.16. The van der Waals surface area contributed by atoms with Gasteiger partial charge in [0, 0.05) is 40.8 Å². The molecule has 2 saturated heterocycles. The Labute approximate surface area is 148 Å². The molecule has 2 aliphatic heterocycles. The summed E-state index contributed by atoms with van der Waals surface area (Å²) in [5.74, 6) is 0. The van der Waals surface area contributed by atoms with E-state index in [9.17, 15) is 0 Å². The van der Waals surface area contributed by atoms with Gasteiger partial charge in [-0.25, -0.2) is 0 Å². The lowest BCUT2D eigenvalue weighted by Gasteiger charge is -2.37. The Kier molecular flexibility index (Phi) is 3.52. The van der Waals surface area contributed by atoms with Crippen LogP contribution in [0.25, 0.3) is 22.2 Å². The zero-order valence-corrected chi connectivity index (χ0v) is 14.6. The van der Waals surface area contributed by atoms with Gasteiger partial charge in [-0.05, 0) is 63.1 Å². The Morgan fingerprint density at radius 2 is 1.92 bits per heavy atom. The van der Waals surface area contributed by atoms with Crippen LogP contribution in [0, 0.1) is 0 Å². The molecule has 4 heterocycles. The van der Waals surface area contributed by atoms with Crippen LogP contribution in [-0.2, 0) is 0 Å². The summed E-state index contributed by atoms with van der Waals surface area (Å²) in [6, 6.07) is 14.9. The maximum atomic E-state index is 4.69. The quantitative estimate of drug-likeness (QED) is 0.753. The molecule has 2 bridgehead atoms. The standard InChI is InChI=1S/C21H24N4/c1-25-18-4-5-19(25)12-17(11-18)24-16-3-7-21(23-13-16)14-2-6-20-15(10-14)8-9-22-20/h2-3,6-10,13,17-19,22,24H,4-5,11-12H2,1H3/t17-,18+,19-. The van der Waals surface area contributed by atoms with E-state index in [1.54, 1.807) is 0 Å². The van der Waals surface area contributed by atoms with Crippen LogP contribution in [0.1, 0.15) is 25.7 Å². The number of hydrogen-bond acceptors (Lipinski definition) is 3. The van der Waals surface area contributed by atoms with Gasteiger partial charge >= 0.3 is 0 Å². The van der Waals surface area contributed by atoms with Gasteiger partial charge in [-0.3, -0.25) is 4.98 Å². The van der Waals surface area contributed by atoms with Gasteiger partial charge in [-0.2, -0.15) is 0 Å². The molecule has 0 amide bonds. The first-order valence-corrected chi connectivity index (χ1v) is 9.28. The van der Waals surface area contributed by atoms with Crippen molar-refractivity contribution >= 4 is 16.6 Å². The van der Waals surface area contributed by atoms with Crippen molar-refractivity contribution < 1.29 is 0 Å². The van der Waals surface area contributed by atoms with Gasteiger partial charge in [0.1, 0.15) is 0 Å². The first-order chi connectivity index (χ1) is 12.3. The van der Waals surface area contributed by atoms with E-state index in [0.717, 1.165) is 29.0 Å². The van der Waals surface area contributed by atoms with Crippen molar-refractivity contribution in [1.29, 1.82) is 0 Å². The number of anilines is 1. The predicted octanol–water partition coefficient (Wildman–Crippen LogP) is 4.27. The summed E-state index contributed by atoms with van der Waals surface area (Å²) >= 11 is 0. The average molecular weight is 332 g/mol. The minimum atomic E-state index is 0.581. The van der Waals surface area contributed by atoms with Crippen LogP contribution in [-0.4, -0.2) is 40.0 Å². The molecule has 2 N–H and O–H groups in total. The molecule has 2 aliphatic rings. The number of pyridine rings is 1. The molecule has 4 nitrogen and oxygen atoms in total. The predicted molar refractivity (Wildman–Crippen MR) is 103 cm³/mol. The van der Waals surface area contributed by atoms with Crippen LogP contribution in [0.4, 0.5) is 5.69 Å². The van der Waals surface area contributed by atoms with E-state index in [1.807, 2.05) is 12.4 Å². The molecule has 3 aromatic rings. The number of nitrogens with one attached hydrogen (secondary N) is 2. The largest absolute Gasteiger partial charge is 0.381 e. The minimum Gasteiger partial charge on any atom is -0.381 e. The monoisotopic (exact) mass is 332 g/mol. The summed E-state index contributed by atoms with van der Waals surface area (Å²) in [7, 11) is 2.29. The van der Waals surface area contributed by atoms with Crippen molar-refractivity contribution in [2.75, 3.05) is 12.4 Å². The Bertz CT molecular complexity index is 868. The summed E-state index contributed by atoms with van der Waals surface area (Å²) in [5, 5.41) is 4.94. The van der Waals surface area contributed by atoms with E-state index in [-0.39, 0.29) is 0 Å². The number of aromatic amines is 1. The minimum absolute atomic E-state index is 0.581. The van der Waals surface area contributed by atoms with Crippen LogP contribution in [0.3, 0.4) is 0 Å². The second kappa shape index (κ2) is 5.88. The van der Waals surface area contributed by atoms with Crippen molar-refractivity contribution in [2.45, 2.75) is 43.8 Å². The van der Waals surface area contributed by atoms with E-state index in [0.29, 0.717) is 6.04 Å². The molecule has 0 saturated carbocycles. The van der Waals surface area contributed by atoms with Gasteiger partial charge in [0.05, 0.1) is 17.6 Å². The fourth-order valence-corrected chi connectivity index (χ4v) is 4.63. The Morgan fingerprint density at radius 1 is 1.08 bits per heavy atom. The number of aromatic nitrogens is 2. The van der Waals surface area contributed by atoms with Gasteiger partial charge in [-0.15, -0.1) is 0 Å². The Morgan fingerprint density at radius 3 is 2.68 bits per heavy atom. The van der Waals surface area contributed by atoms with E-state index < -0.39 is 0 Å². The van der Waals surface area contributed by atoms with Crippen LogP contribution in [0.15, 0.2) is 48.8 Å². The number of nitrogens with zero attached hydrogens (tertiary/aromatic N) is 2.